The molecule has 0 fully saturated rings. The SMILES string of the molecule is C=CC1=C(/C=C(\C)CO/C(C)=C(\N)CCOc2cccc3c2CCCN3CCC(=O)O)CCO1. The maximum absolute atomic E-state index is 11.0. The van der Waals surface area contributed by atoms with Crippen LogP contribution in [0, 0.1) is 0 Å². The maximum atomic E-state index is 11.0. The molecule has 0 aliphatic carbocycles. The number of nitrogens with two attached hydrogens (primary N) is 1. The summed E-state index contributed by atoms with van der Waals surface area (Å²) in [7, 11) is 0. The van der Waals surface area contributed by atoms with Crippen molar-refractivity contribution in [3.8, 4) is 5.75 Å². The molecule has 0 atom stereocenters. The quantitative estimate of drug-likeness (QED) is 0.430. The molecule has 0 spiro atoms. The highest BCUT2D eigenvalue weighted by Gasteiger charge is 2.20. The molecule has 0 unspecified atom stereocenters. The molecule has 34 heavy (non-hydrogen) atoms. The van der Waals surface area contributed by atoms with Gasteiger partial charge >= 0.3 is 5.97 Å². The van der Waals surface area contributed by atoms with Gasteiger partial charge < -0.3 is 30.0 Å². The minimum Gasteiger partial charge on any atom is -0.493 e. The Bertz CT molecular complexity index is 993. The van der Waals surface area contributed by atoms with E-state index < -0.39 is 5.97 Å². The molecule has 7 nitrogen and oxygen atoms in total. The summed E-state index contributed by atoms with van der Waals surface area (Å²) in [5.41, 5.74) is 11.4. The zero-order chi connectivity index (χ0) is 24.5. The fraction of sp³-hybridized carbons (Fsp3) is 0.444. The van der Waals surface area contributed by atoms with Crippen molar-refractivity contribution in [1.82, 2.24) is 0 Å². The second-order valence-electron chi connectivity index (χ2n) is 8.64. The third-order valence-corrected chi connectivity index (χ3v) is 6.05. The lowest BCUT2D eigenvalue weighted by molar-refractivity contribution is -0.136. The van der Waals surface area contributed by atoms with Gasteiger partial charge in [0, 0.05) is 42.9 Å². The second kappa shape index (κ2) is 12.2. The summed E-state index contributed by atoms with van der Waals surface area (Å²) < 4.78 is 17.5. The van der Waals surface area contributed by atoms with Gasteiger partial charge in [0.1, 0.15) is 23.9 Å². The third kappa shape index (κ3) is 6.83. The molecule has 3 rings (SSSR count). The minimum absolute atomic E-state index is 0.126. The number of ether oxygens (including phenoxy) is 3. The first-order chi connectivity index (χ1) is 16.4. The Morgan fingerprint density at radius 3 is 2.88 bits per heavy atom. The Kier molecular flexibility index (Phi) is 9.08. The monoisotopic (exact) mass is 468 g/mol. The van der Waals surface area contributed by atoms with Gasteiger partial charge in [-0.1, -0.05) is 18.7 Å². The van der Waals surface area contributed by atoms with Gasteiger partial charge in [0.2, 0.25) is 0 Å². The van der Waals surface area contributed by atoms with Crippen molar-refractivity contribution in [2.45, 2.75) is 46.0 Å². The molecule has 0 saturated carbocycles. The van der Waals surface area contributed by atoms with Crippen LogP contribution in [-0.2, 0) is 20.7 Å². The van der Waals surface area contributed by atoms with Gasteiger partial charge in [-0.3, -0.25) is 4.79 Å². The molecule has 2 aliphatic rings. The molecule has 1 aromatic rings. The highest BCUT2D eigenvalue weighted by atomic mass is 16.5. The van der Waals surface area contributed by atoms with E-state index in [0.29, 0.717) is 44.2 Å². The molecular weight excluding hydrogens is 432 g/mol. The molecule has 2 heterocycles. The Morgan fingerprint density at radius 1 is 1.29 bits per heavy atom. The van der Waals surface area contributed by atoms with Crippen molar-refractivity contribution >= 4 is 11.7 Å². The smallest absolute Gasteiger partial charge is 0.305 e. The fourth-order valence-corrected chi connectivity index (χ4v) is 4.19. The van der Waals surface area contributed by atoms with Crippen LogP contribution in [0.1, 0.15) is 45.1 Å². The van der Waals surface area contributed by atoms with Gasteiger partial charge in [-0.15, -0.1) is 0 Å². The zero-order valence-electron chi connectivity index (χ0n) is 20.3. The van der Waals surface area contributed by atoms with Crippen LogP contribution in [0.3, 0.4) is 0 Å². The number of carbonyl (C=O) groups is 1. The molecule has 1 aromatic carbocycles. The number of fused-ring (bicyclic) bond motifs is 1. The third-order valence-electron chi connectivity index (χ3n) is 6.05. The first-order valence-corrected chi connectivity index (χ1v) is 11.8. The maximum Gasteiger partial charge on any atom is 0.305 e. The van der Waals surface area contributed by atoms with E-state index >= 15 is 0 Å². The highest BCUT2D eigenvalue weighted by molar-refractivity contribution is 5.68. The summed E-state index contributed by atoms with van der Waals surface area (Å²) in [6, 6.07) is 5.96. The van der Waals surface area contributed by atoms with Crippen LogP contribution in [0.5, 0.6) is 5.75 Å². The van der Waals surface area contributed by atoms with Crippen molar-refractivity contribution in [3.05, 3.63) is 70.9 Å². The number of carboxylic acids is 1. The van der Waals surface area contributed by atoms with E-state index in [0.717, 1.165) is 59.7 Å². The number of carboxylic acid groups (broad SMARTS) is 1. The number of aliphatic carboxylic acids is 1. The van der Waals surface area contributed by atoms with Crippen LogP contribution in [-0.4, -0.2) is 44.0 Å². The molecule has 0 bridgehead atoms. The van der Waals surface area contributed by atoms with Crippen LogP contribution in [0.2, 0.25) is 0 Å². The predicted octanol–water partition coefficient (Wildman–Crippen LogP) is 4.70. The van der Waals surface area contributed by atoms with Crippen LogP contribution in [0.25, 0.3) is 0 Å². The summed E-state index contributed by atoms with van der Waals surface area (Å²) in [4.78, 5) is 13.1. The molecule has 0 saturated heterocycles. The largest absolute Gasteiger partial charge is 0.493 e. The second-order valence-corrected chi connectivity index (χ2v) is 8.64. The molecule has 0 radical (unpaired) electrons. The summed E-state index contributed by atoms with van der Waals surface area (Å²) in [6.45, 7) is 10.7. The first-order valence-electron chi connectivity index (χ1n) is 11.8. The number of rotatable bonds is 12. The number of benzene rings is 1. The van der Waals surface area contributed by atoms with Gasteiger partial charge in [-0.2, -0.15) is 0 Å². The molecule has 184 valence electrons. The lowest BCUT2D eigenvalue weighted by atomic mass is 10.0. The standard InChI is InChI=1S/C27H36N2O5/c1-4-25-21(11-15-32-25)17-19(2)18-34-20(3)23(28)12-16-33-26-9-5-8-24-22(26)7-6-13-29(24)14-10-27(30)31/h4-5,8-9,17H,1,6-7,10-16,18,28H2,2-3H3,(H,30,31)/b19-17+,23-20-. The van der Waals surface area contributed by atoms with Crippen LogP contribution < -0.4 is 15.4 Å². The van der Waals surface area contributed by atoms with E-state index in [2.05, 4.69) is 17.6 Å². The number of anilines is 1. The van der Waals surface area contributed by atoms with Gasteiger partial charge in [-0.25, -0.2) is 0 Å². The Hall–Kier alpha value is -3.35. The zero-order valence-corrected chi connectivity index (χ0v) is 20.3. The predicted molar refractivity (Wildman–Crippen MR) is 134 cm³/mol. The minimum atomic E-state index is -0.781. The van der Waals surface area contributed by atoms with Crippen molar-refractivity contribution < 1.29 is 24.1 Å². The van der Waals surface area contributed by atoms with E-state index in [-0.39, 0.29) is 6.42 Å². The Balaban J connectivity index is 1.53. The van der Waals surface area contributed by atoms with E-state index in [9.17, 15) is 4.79 Å². The van der Waals surface area contributed by atoms with Crippen molar-refractivity contribution in [2.24, 2.45) is 5.73 Å². The highest BCUT2D eigenvalue weighted by Crippen LogP contribution is 2.34. The van der Waals surface area contributed by atoms with Crippen LogP contribution in [0.4, 0.5) is 5.69 Å². The number of hydrogen-bond donors (Lipinski definition) is 2. The number of hydrogen-bond acceptors (Lipinski definition) is 6. The topological polar surface area (TPSA) is 94.3 Å². The van der Waals surface area contributed by atoms with Gasteiger partial charge in [0.15, 0.2) is 0 Å². The lowest BCUT2D eigenvalue weighted by Crippen LogP contribution is -2.31. The van der Waals surface area contributed by atoms with E-state index in [1.165, 1.54) is 0 Å². The Labute approximate surface area is 202 Å². The fourth-order valence-electron chi connectivity index (χ4n) is 4.19. The van der Waals surface area contributed by atoms with E-state index in [4.69, 9.17) is 25.1 Å². The lowest BCUT2D eigenvalue weighted by Gasteiger charge is -2.32. The van der Waals surface area contributed by atoms with Gasteiger partial charge in [-0.05, 0) is 56.0 Å². The summed E-state index contributed by atoms with van der Waals surface area (Å²) in [6.07, 6.45) is 7.30. The average molecular weight is 469 g/mol. The Morgan fingerprint density at radius 2 is 2.12 bits per heavy atom. The molecule has 0 aromatic heterocycles. The summed E-state index contributed by atoms with van der Waals surface area (Å²) in [5.74, 6) is 1.60. The number of allylic oxidation sites excluding steroid dienone is 3. The van der Waals surface area contributed by atoms with Crippen LogP contribution in [0.15, 0.2) is 65.3 Å². The van der Waals surface area contributed by atoms with Crippen LogP contribution >= 0.6 is 0 Å². The summed E-state index contributed by atoms with van der Waals surface area (Å²) in [5, 5.41) is 9.02. The van der Waals surface area contributed by atoms with Gasteiger partial charge in [0.05, 0.1) is 19.6 Å². The molecular formula is C27H36N2O5. The molecule has 2 aliphatic heterocycles. The van der Waals surface area contributed by atoms with Crippen molar-refractivity contribution in [1.29, 1.82) is 0 Å². The van der Waals surface area contributed by atoms with E-state index in [1.54, 1.807) is 6.08 Å². The van der Waals surface area contributed by atoms with Gasteiger partial charge in [0.25, 0.3) is 0 Å². The van der Waals surface area contributed by atoms with Crippen molar-refractivity contribution in [2.75, 3.05) is 37.8 Å². The first kappa shape index (κ1) is 25.3. The summed E-state index contributed by atoms with van der Waals surface area (Å²) >= 11 is 0. The molecule has 0 amide bonds. The average Bonchev–Trinajstić information content (AvgIpc) is 3.28. The van der Waals surface area contributed by atoms with Crippen molar-refractivity contribution in [3.63, 3.8) is 0 Å². The molecule has 7 heteroatoms. The molecule has 3 N–H and O–H groups in total. The normalized spacial score (nSPS) is 16.5. The number of nitrogens with zero attached hydrogens (tertiary/aromatic N) is 1. The van der Waals surface area contributed by atoms with E-state index in [1.807, 2.05) is 32.0 Å².